The number of rotatable bonds is 6. The van der Waals surface area contributed by atoms with Crippen molar-refractivity contribution in [3.05, 3.63) is 71.5 Å². The Morgan fingerprint density at radius 2 is 1.88 bits per heavy atom. The molecular weight excluding hydrogens is 347 g/mol. The molecule has 0 unspecified atom stereocenters. The second kappa shape index (κ2) is 7.21. The monoisotopic (exact) mass is 362 g/mol. The zero-order chi connectivity index (χ0) is 17.0. The summed E-state index contributed by atoms with van der Waals surface area (Å²) >= 11 is 1.52. The molecule has 0 fully saturated rings. The van der Waals surface area contributed by atoms with E-state index in [1.807, 2.05) is 35.7 Å². The molecule has 0 atom stereocenters. The number of nitrogens with zero attached hydrogens (tertiary/aromatic N) is 1. The first-order valence-corrected chi connectivity index (χ1v) is 9.66. The first-order chi connectivity index (χ1) is 11.5. The predicted molar refractivity (Wildman–Crippen MR) is 92.8 cm³/mol. The summed E-state index contributed by atoms with van der Waals surface area (Å²) in [6.07, 6.45) is 0.470. The molecule has 124 valence electrons. The minimum atomic E-state index is -3.71. The Labute approximate surface area is 144 Å². The van der Waals surface area contributed by atoms with Gasteiger partial charge in [0.2, 0.25) is 10.0 Å². The van der Waals surface area contributed by atoms with E-state index >= 15 is 0 Å². The topological polar surface area (TPSA) is 59.1 Å². The number of hydrogen-bond donors (Lipinski definition) is 1. The Morgan fingerprint density at radius 3 is 2.62 bits per heavy atom. The van der Waals surface area contributed by atoms with Gasteiger partial charge in [0.1, 0.15) is 10.8 Å². The summed E-state index contributed by atoms with van der Waals surface area (Å²) in [5.41, 5.74) is 1.86. The molecule has 0 amide bonds. The van der Waals surface area contributed by atoms with Crippen LogP contribution in [-0.2, 0) is 16.4 Å². The van der Waals surface area contributed by atoms with Gasteiger partial charge in [-0.15, -0.1) is 11.3 Å². The Hall–Kier alpha value is -2.09. The van der Waals surface area contributed by atoms with Crippen molar-refractivity contribution in [1.82, 2.24) is 9.71 Å². The first-order valence-electron chi connectivity index (χ1n) is 7.30. The minimum Gasteiger partial charge on any atom is -0.241 e. The molecule has 1 aromatic heterocycles. The summed E-state index contributed by atoms with van der Waals surface area (Å²) < 4.78 is 39.8. The third-order valence-corrected chi connectivity index (χ3v) is 5.75. The van der Waals surface area contributed by atoms with Crippen molar-refractivity contribution in [1.29, 1.82) is 0 Å². The minimum absolute atomic E-state index is 0.0780. The Kier molecular flexibility index (Phi) is 5.03. The number of halogens is 1. The third-order valence-electron chi connectivity index (χ3n) is 3.35. The van der Waals surface area contributed by atoms with Crippen molar-refractivity contribution in [2.45, 2.75) is 11.3 Å². The lowest BCUT2D eigenvalue weighted by Crippen LogP contribution is -2.26. The molecular formula is C17H15FN2O2S2. The summed E-state index contributed by atoms with van der Waals surface area (Å²) in [6, 6.07) is 14.7. The molecule has 3 aromatic rings. The fourth-order valence-electron chi connectivity index (χ4n) is 2.17. The van der Waals surface area contributed by atoms with Gasteiger partial charge in [-0.2, -0.15) is 0 Å². The highest BCUT2D eigenvalue weighted by atomic mass is 32.2. The van der Waals surface area contributed by atoms with Gasteiger partial charge in [0, 0.05) is 23.9 Å². The smallest absolute Gasteiger partial charge is 0.240 e. The van der Waals surface area contributed by atoms with Crippen LogP contribution < -0.4 is 4.72 Å². The molecule has 0 saturated heterocycles. The lowest BCUT2D eigenvalue weighted by Gasteiger charge is -2.05. The van der Waals surface area contributed by atoms with Gasteiger partial charge < -0.3 is 0 Å². The maximum atomic E-state index is 13.1. The predicted octanol–water partition coefficient (Wildman–Crippen LogP) is 3.47. The Morgan fingerprint density at radius 1 is 1.08 bits per heavy atom. The second-order valence-electron chi connectivity index (χ2n) is 5.12. The number of aromatic nitrogens is 1. The quantitative estimate of drug-likeness (QED) is 0.730. The summed E-state index contributed by atoms with van der Waals surface area (Å²) in [7, 11) is -3.71. The van der Waals surface area contributed by atoms with Crippen LogP contribution in [0.1, 0.15) is 5.69 Å². The van der Waals surface area contributed by atoms with Crippen molar-refractivity contribution in [2.24, 2.45) is 0 Å². The number of hydrogen-bond acceptors (Lipinski definition) is 4. The van der Waals surface area contributed by atoms with Gasteiger partial charge in [-0.05, 0) is 18.2 Å². The number of sulfonamides is 1. The average molecular weight is 362 g/mol. The number of thiazole rings is 1. The molecule has 3 rings (SSSR count). The normalized spacial score (nSPS) is 11.5. The molecule has 1 heterocycles. The summed E-state index contributed by atoms with van der Waals surface area (Å²) in [6.45, 7) is 0.205. The van der Waals surface area contributed by atoms with Gasteiger partial charge in [0.05, 0.1) is 10.6 Å². The molecule has 0 aliphatic carbocycles. The summed E-state index contributed by atoms with van der Waals surface area (Å²) in [5.74, 6) is -0.579. The highest BCUT2D eigenvalue weighted by Crippen LogP contribution is 2.23. The fourth-order valence-corrected chi connectivity index (χ4v) is 4.09. The van der Waals surface area contributed by atoms with Crippen molar-refractivity contribution in [3.8, 4) is 10.6 Å². The molecule has 2 aromatic carbocycles. The third kappa shape index (κ3) is 4.05. The van der Waals surface area contributed by atoms with Crippen LogP contribution in [0.3, 0.4) is 0 Å². The van der Waals surface area contributed by atoms with Crippen LogP contribution in [0.25, 0.3) is 10.6 Å². The maximum Gasteiger partial charge on any atom is 0.240 e. The molecule has 4 nitrogen and oxygen atoms in total. The molecule has 0 aliphatic heterocycles. The lowest BCUT2D eigenvalue weighted by atomic mass is 10.2. The van der Waals surface area contributed by atoms with Gasteiger partial charge >= 0.3 is 0 Å². The van der Waals surface area contributed by atoms with Crippen LogP contribution in [0.4, 0.5) is 4.39 Å². The second-order valence-corrected chi connectivity index (χ2v) is 7.74. The molecule has 0 radical (unpaired) electrons. The average Bonchev–Trinajstić information content (AvgIpc) is 3.04. The van der Waals surface area contributed by atoms with E-state index in [2.05, 4.69) is 9.71 Å². The van der Waals surface area contributed by atoms with Crippen LogP contribution in [0.5, 0.6) is 0 Å². The van der Waals surface area contributed by atoms with Crippen LogP contribution >= 0.6 is 11.3 Å². The van der Waals surface area contributed by atoms with E-state index in [-0.39, 0.29) is 11.4 Å². The molecule has 0 saturated carbocycles. The standard InChI is InChI=1S/C17H15FN2O2S2/c18-14-7-4-8-16(11-14)24(21,22)19-10-9-15-12-23-17(20-15)13-5-2-1-3-6-13/h1-8,11-12,19H,9-10H2. The fraction of sp³-hybridized carbons (Fsp3) is 0.118. The van der Waals surface area contributed by atoms with E-state index in [1.165, 1.54) is 29.5 Å². The maximum absolute atomic E-state index is 13.1. The van der Waals surface area contributed by atoms with Crippen LogP contribution in [0, 0.1) is 5.82 Å². The largest absolute Gasteiger partial charge is 0.241 e. The van der Waals surface area contributed by atoms with E-state index in [0.717, 1.165) is 22.3 Å². The van der Waals surface area contributed by atoms with Gasteiger partial charge in [-0.3, -0.25) is 0 Å². The van der Waals surface area contributed by atoms with E-state index in [0.29, 0.717) is 6.42 Å². The highest BCUT2D eigenvalue weighted by molar-refractivity contribution is 7.89. The zero-order valence-electron chi connectivity index (χ0n) is 12.6. The summed E-state index contributed by atoms with van der Waals surface area (Å²) in [4.78, 5) is 4.43. The Balaban J connectivity index is 1.62. The summed E-state index contributed by atoms with van der Waals surface area (Å²) in [5, 5.41) is 2.82. The number of benzene rings is 2. The van der Waals surface area contributed by atoms with Gasteiger partial charge in [-0.1, -0.05) is 36.4 Å². The lowest BCUT2D eigenvalue weighted by molar-refractivity contribution is 0.577. The molecule has 7 heteroatoms. The van der Waals surface area contributed by atoms with Crippen LogP contribution in [0.2, 0.25) is 0 Å². The molecule has 1 N–H and O–H groups in total. The SMILES string of the molecule is O=S(=O)(NCCc1csc(-c2ccccc2)n1)c1cccc(F)c1. The van der Waals surface area contributed by atoms with Crippen molar-refractivity contribution in [2.75, 3.05) is 6.54 Å². The molecule has 0 aliphatic rings. The van der Waals surface area contributed by atoms with Crippen molar-refractivity contribution < 1.29 is 12.8 Å². The molecule has 24 heavy (non-hydrogen) atoms. The van der Waals surface area contributed by atoms with E-state index in [4.69, 9.17) is 0 Å². The Bertz CT molecular complexity index is 925. The van der Waals surface area contributed by atoms with Gasteiger partial charge in [0.15, 0.2) is 0 Å². The van der Waals surface area contributed by atoms with E-state index in [1.54, 1.807) is 0 Å². The van der Waals surface area contributed by atoms with E-state index < -0.39 is 15.8 Å². The highest BCUT2D eigenvalue weighted by Gasteiger charge is 2.14. The molecule has 0 bridgehead atoms. The van der Waals surface area contributed by atoms with Crippen molar-refractivity contribution >= 4 is 21.4 Å². The van der Waals surface area contributed by atoms with Gasteiger partial charge in [-0.25, -0.2) is 22.5 Å². The number of nitrogens with one attached hydrogen (secondary N) is 1. The van der Waals surface area contributed by atoms with E-state index in [9.17, 15) is 12.8 Å². The van der Waals surface area contributed by atoms with Crippen LogP contribution in [0.15, 0.2) is 64.9 Å². The van der Waals surface area contributed by atoms with Gasteiger partial charge in [0.25, 0.3) is 0 Å². The molecule has 0 spiro atoms. The zero-order valence-corrected chi connectivity index (χ0v) is 14.3. The van der Waals surface area contributed by atoms with Crippen LogP contribution in [-0.4, -0.2) is 19.9 Å². The van der Waals surface area contributed by atoms with Crippen molar-refractivity contribution in [3.63, 3.8) is 0 Å². The first kappa shape index (κ1) is 16.8.